The van der Waals surface area contributed by atoms with Gasteiger partial charge in [0.2, 0.25) is 0 Å². The van der Waals surface area contributed by atoms with Crippen molar-refractivity contribution >= 4 is 13.8 Å². The molecule has 0 bridgehead atoms. The highest BCUT2D eigenvalue weighted by atomic mass is 31.2. The molecule has 306 valence electrons. The van der Waals surface area contributed by atoms with Crippen LogP contribution < -0.4 is 5.73 Å². The van der Waals surface area contributed by atoms with E-state index in [0.29, 0.717) is 25.9 Å². The summed E-state index contributed by atoms with van der Waals surface area (Å²) >= 11 is 0. The van der Waals surface area contributed by atoms with Crippen molar-refractivity contribution in [1.29, 1.82) is 0 Å². The van der Waals surface area contributed by atoms with E-state index in [1.54, 1.807) is 6.08 Å². The number of esters is 1. The topological polar surface area (TPSA) is 138 Å². The highest BCUT2D eigenvalue weighted by Crippen LogP contribution is 2.43. The molecule has 4 N–H and O–H groups in total. The fourth-order valence-electron chi connectivity index (χ4n) is 5.22. The summed E-state index contributed by atoms with van der Waals surface area (Å²) in [6.07, 6.45) is 45.2. The molecule has 0 saturated carbocycles. The Hall–Kier alpha value is -2.10. The molecule has 0 spiro atoms. The maximum atomic E-state index is 12.5. The number of carbonyl (C=O) groups is 1. The van der Waals surface area contributed by atoms with Gasteiger partial charge in [0.1, 0.15) is 6.10 Å². The monoisotopic (exact) mass is 766 g/mol. The lowest BCUT2D eigenvalue weighted by Gasteiger charge is -2.20. The number of phosphoric acid groups is 1. The predicted molar refractivity (Wildman–Crippen MR) is 221 cm³/mol. The van der Waals surface area contributed by atoms with Crippen LogP contribution in [0.3, 0.4) is 0 Å². The van der Waals surface area contributed by atoms with Gasteiger partial charge in [-0.1, -0.05) is 170 Å². The molecule has 0 radical (unpaired) electrons. The average molecular weight is 766 g/mol. The first-order valence-corrected chi connectivity index (χ1v) is 22.0. The summed E-state index contributed by atoms with van der Waals surface area (Å²) in [5.74, 6) is -0.446. The normalized spacial score (nSPS) is 14.9. The summed E-state index contributed by atoms with van der Waals surface area (Å²) in [4.78, 5) is 22.4. The van der Waals surface area contributed by atoms with Crippen LogP contribution in [0, 0.1) is 0 Å². The number of nitrogens with two attached hydrogens (primary N) is 1. The summed E-state index contributed by atoms with van der Waals surface area (Å²) in [6.45, 7) is 4.59. The summed E-state index contributed by atoms with van der Waals surface area (Å²) in [5, 5.41) is 10.1. The summed E-state index contributed by atoms with van der Waals surface area (Å²) in [6, 6.07) is 0. The van der Waals surface area contributed by atoms with Gasteiger partial charge in [-0.15, -0.1) is 0 Å². The van der Waals surface area contributed by atoms with Gasteiger partial charge in [0.05, 0.1) is 25.9 Å². The van der Waals surface area contributed by atoms with Crippen LogP contribution in [-0.2, 0) is 27.9 Å². The number of aliphatic hydroxyl groups is 1. The van der Waals surface area contributed by atoms with Crippen molar-refractivity contribution in [2.75, 3.05) is 33.0 Å². The number of carbonyl (C=O) groups excluding carboxylic acids is 1. The molecule has 10 heteroatoms. The molecule has 0 aromatic heterocycles. The smallest absolute Gasteiger partial charge is 0.457 e. The molecular weight excluding hydrogens is 689 g/mol. The van der Waals surface area contributed by atoms with Gasteiger partial charge in [-0.2, -0.15) is 0 Å². The van der Waals surface area contributed by atoms with Crippen molar-refractivity contribution in [1.82, 2.24) is 0 Å². The number of rotatable bonds is 38. The number of unbranched alkanes of at least 4 members (excludes halogenated alkanes) is 13. The van der Waals surface area contributed by atoms with Gasteiger partial charge < -0.3 is 25.2 Å². The second kappa shape index (κ2) is 39.6. The number of hydrogen-bond acceptors (Lipinski definition) is 8. The van der Waals surface area contributed by atoms with Gasteiger partial charge in [0.15, 0.2) is 0 Å². The van der Waals surface area contributed by atoms with Gasteiger partial charge in [0, 0.05) is 19.6 Å². The van der Waals surface area contributed by atoms with Gasteiger partial charge in [-0.3, -0.25) is 13.8 Å². The zero-order valence-corrected chi connectivity index (χ0v) is 34.2. The third-order valence-electron chi connectivity index (χ3n) is 8.23. The minimum absolute atomic E-state index is 0.0631. The molecule has 0 rings (SSSR count). The fraction of sp³-hybridized carbons (Fsp3) is 0.698. The molecule has 0 aliphatic rings. The molecular formula is C43H76NO8P. The molecule has 53 heavy (non-hydrogen) atoms. The van der Waals surface area contributed by atoms with E-state index in [1.807, 2.05) is 36.5 Å². The fourth-order valence-corrected chi connectivity index (χ4v) is 5.99. The quantitative estimate of drug-likeness (QED) is 0.0184. The van der Waals surface area contributed by atoms with E-state index in [2.05, 4.69) is 44.2 Å². The first-order chi connectivity index (χ1) is 25.8. The van der Waals surface area contributed by atoms with Crippen molar-refractivity contribution in [3.63, 3.8) is 0 Å². The third-order valence-corrected chi connectivity index (χ3v) is 9.22. The lowest BCUT2D eigenvalue weighted by atomic mass is 10.0. The highest BCUT2D eigenvalue weighted by molar-refractivity contribution is 7.47. The lowest BCUT2D eigenvalue weighted by molar-refractivity contribution is -0.154. The van der Waals surface area contributed by atoms with E-state index in [9.17, 15) is 19.4 Å². The van der Waals surface area contributed by atoms with Gasteiger partial charge in [-0.25, -0.2) is 4.57 Å². The second-order valence-corrected chi connectivity index (χ2v) is 14.8. The zero-order chi connectivity index (χ0) is 38.9. The maximum absolute atomic E-state index is 12.5. The number of allylic oxidation sites excluding steroid dienone is 10. The van der Waals surface area contributed by atoms with Crippen molar-refractivity contribution in [3.05, 3.63) is 72.9 Å². The van der Waals surface area contributed by atoms with E-state index >= 15 is 0 Å². The summed E-state index contributed by atoms with van der Waals surface area (Å²) < 4.78 is 33.2. The summed E-state index contributed by atoms with van der Waals surface area (Å²) in [7, 11) is -4.31. The Balaban J connectivity index is 4.29. The molecule has 0 heterocycles. The maximum Gasteiger partial charge on any atom is 0.472 e. The van der Waals surface area contributed by atoms with Crippen LogP contribution in [0.15, 0.2) is 72.9 Å². The minimum atomic E-state index is -4.31. The van der Waals surface area contributed by atoms with E-state index < -0.39 is 26.0 Å². The number of ether oxygens (including phenoxy) is 2. The third kappa shape index (κ3) is 39.4. The predicted octanol–water partition coefficient (Wildman–Crippen LogP) is 10.9. The van der Waals surface area contributed by atoms with E-state index in [1.165, 1.54) is 77.0 Å². The molecule has 0 fully saturated rings. The Bertz CT molecular complexity index is 1050. The molecule has 0 aliphatic heterocycles. The first kappa shape index (κ1) is 50.9. The van der Waals surface area contributed by atoms with Crippen LogP contribution in [0.2, 0.25) is 0 Å². The Morgan fingerprint density at radius 3 is 1.87 bits per heavy atom. The molecule has 3 atom stereocenters. The minimum Gasteiger partial charge on any atom is -0.457 e. The number of phosphoric ester groups is 1. The van der Waals surface area contributed by atoms with Crippen LogP contribution in [0.1, 0.15) is 149 Å². The van der Waals surface area contributed by atoms with Crippen LogP contribution in [-0.4, -0.2) is 61.1 Å². The van der Waals surface area contributed by atoms with Gasteiger partial charge in [-0.05, 0) is 44.9 Å². The van der Waals surface area contributed by atoms with Crippen LogP contribution in [0.25, 0.3) is 0 Å². The lowest BCUT2D eigenvalue weighted by Crippen LogP contribution is -2.28. The molecule has 0 aliphatic carbocycles. The second-order valence-electron chi connectivity index (χ2n) is 13.3. The van der Waals surface area contributed by atoms with E-state index in [4.69, 9.17) is 24.3 Å². The Kier molecular flexibility index (Phi) is 38.0. The first-order valence-electron chi connectivity index (χ1n) is 20.5. The molecule has 0 aromatic rings. The average Bonchev–Trinajstić information content (AvgIpc) is 3.14. The Labute approximate surface area is 323 Å². The summed E-state index contributed by atoms with van der Waals surface area (Å²) in [5.41, 5.74) is 5.35. The molecule has 0 aromatic carbocycles. The van der Waals surface area contributed by atoms with Gasteiger partial charge >= 0.3 is 13.8 Å². The van der Waals surface area contributed by atoms with Gasteiger partial charge in [0.25, 0.3) is 0 Å². The van der Waals surface area contributed by atoms with Crippen LogP contribution in [0.5, 0.6) is 0 Å². The van der Waals surface area contributed by atoms with Crippen molar-refractivity contribution in [2.24, 2.45) is 5.73 Å². The number of aliphatic hydroxyl groups excluding tert-OH is 1. The van der Waals surface area contributed by atoms with Crippen molar-refractivity contribution < 1.29 is 37.9 Å². The molecule has 0 amide bonds. The van der Waals surface area contributed by atoms with E-state index in [0.717, 1.165) is 32.1 Å². The molecule has 0 saturated heterocycles. The standard InChI is InChI=1S/C43H76NO8P/c1-3-5-7-9-11-13-15-16-17-18-20-24-28-32-37-49-39-42(40-51-53(47,48)50-38-36-44)52-43(46)35-31-27-23-22-26-30-34-41(45)33-29-25-21-19-14-12-10-8-6-4-2/h6,8,12,14,21,23,25-27,29-30,33,41-42,45H,3-5,7,9-11,13,15-20,22,24,28,31-32,34-40,44H2,1-2H3,(H,47,48). The van der Waals surface area contributed by atoms with Crippen molar-refractivity contribution in [3.8, 4) is 0 Å². The number of hydrogen-bond donors (Lipinski definition) is 3. The highest BCUT2D eigenvalue weighted by Gasteiger charge is 2.25. The molecule has 3 unspecified atom stereocenters. The van der Waals surface area contributed by atoms with Crippen LogP contribution >= 0.6 is 7.82 Å². The largest absolute Gasteiger partial charge is 0.472 e. The zero-order valence-electron chi connectivity index (χ0n) is 33.3. The molecule has 9 nitrogen and oxygen atoms in total. The van der Waals surface area contributed by atoms with Crippen molar-refractivity contribution in [2.45, 2.75) is 161 Å². The SMILES string of the molecule is CCC=CCC=CCC=CC=CC(O)CC=CCC=CCCC(=O)OC(COCCCCCCCCCCCCCCCC)COP(=O)(O)OCCN. The van der Waals surface area contributed by atoms with E-state index in [-0.39, 0.29) is 32.8 Å². The van der Waals surface area contributed by atoms with Crippen LogP contribution in [0.4, 0.5) is 0 Å². The Morgan fingerprint density at radius 1 is 0.679 bits per heavy atom. The Morgan fingerprint density at radius 2 is 1.25 bits per heavy atom.